The SMILES string of the molecule is CC(C)/C=C/[C@@H](C[C@@H]1O[C@](O)(C[C@@H](O)C(C)C)C[C@H](O)[C@H]1C(=O)N[C@@H](C)CN)OC1OC(C)C(O)C(N)C1O. The zero-order valence-corrected chi connectivity index (χ0v) is 24.0. The van der Waals surface area contributed by atoms with Gasteiger partial charge in [0.25, 0.3) is 0 Å². The summed E-state index contributed by atoms with van der Waals surface area (Å²) >= 11 is 0. The molecule has 1 amide bonds. The van der Waals surface area contributed by atoms with Gasteiger partial charge in [0.1, 0.15) is 6.10 Å². The van der Waals surface area contributed by atoms with Crippen LogP contribution in [0.3, 0.4) is 0 Å². The highest BCUT2D eigenvalue weighted by Gasteiger charge is 2.50. The van der Waals surface area contributed by atoms with Gasteiger partial charge in [-0.1, -0.05) is 39.8 Å². The van der Waals surface area contributed by atoms with E-state index in [4.69, 9.17) is 25.7 Å². The molecule has 2 heterocycles. The fraction of sp³-hybridized carbons (Fsp3) is 0.889. The van der Waals surface area contributed by atoms with Crippen LogP contribution in [0.25, 0.3) is 0 Å². The smallest absolute Gasteiger partial charge is 0.228 e. The number of carbonyl (C=O) groups excluding carboxylic acids is 1. The van der Waals surface area contributed by atoms with Crippen LogP contribution in [0.15, 0.2) is 12.2 Å². The van der Waals surface area contributed by atoms with Crippen LogP contribution in [0.4, 0.5) is 0 Å². The molecule has 2 saturated heterocycles. The third-order valence-electron chi connectivity index (χ3n) is 7.44. The number of carbonyl (C=O) groups is 1. The van der Waals surface area contributed by atoms with E-state index in [1.807, 2.05) is 19.9 Å². The van der Waals surface area contributed by atoms with Crippen molar-refractivity contribution in [2.45, 2.75) is 128 Å². The maximum Gasteiger partial charge on any atom is 0.228 e. The third-order valence-corrected chi connectivity index (χ3v) is 7.44. The lowest BCUT2D eigenvalue weighted by Gasteiger charge is -2.46. The molecule has 2 aliphatic heterocycles. The van der Waals surface area contributed by atoms with Gasteiger partial charge in [-0.15, -0.1) is 0 Å². The molecular weight excluding hydrogens is 510 g/mol. The lowest BCUT2D eigenvalue weighted by Crippen LogP contribution is -2.62. The molecular formula is C27H51N3O9. The van der Waals surface area contributed by atoms with E-state index in [2.05, 4.69) is 5.32 Å². The second-order valence-corrected chi connectivity index (χ2v) is 11.9. The van der Waals surface area contributed by atoms with Gasteiger partial charge >= 0.3 is 0 Å². The maximum absolute atomic E-state index is 13.2. The Hall–Kier alpha value is -1.19. The molecule has 12 atom stereocenters. The van der Waals surface area contributed by atoms with Crippen LogP contribution in [-0.4, -0.2) is 105 Å². The lowest BCUT2D eigenvalue weighted by atomic mass is 9.81. The molecule has 0 spiro atoms. The van der Waals surface area contributed by atoms with Crippen LogP contribution in [0.5, 0.6) is 0 Å². The van der Waals surface area contributed by atoms with Crippen molar-refractivity contribution in [2.24, 2.45) is 29.2 Å². The molecule has 5 unspecified atom stereocenters. The van der Waals surface area contributed by atoms with Gasteiger partial charge in [-0.25, -0.2) is 0 Å². The number of hydrogen-bond acceptors (Lipinski definition) is 11. The Bertz CT molecular complexity index is 800. The molecule has 0 aromatic rings. The summed E-state index contributed by atoms with van der Waals surface area (Å²) in [4.78, 5) is 13.2. The minimum atomic E-state index is -1.89. The number of aliphatic hydroxyl groups is 5. The van der Waals surface area contributed by atoms with Crippen LogP contribution in [-0.2, 0) is 19.0 Å². The Labute approximate surface area is 231 Å². The maximum atomic E-state index is 13.2. The van der Waals surface area contributed by atoms with Gasteiger partial charge in [0.05, 0.1) is 48.6 Å². The number of amides is 1. The van der Waals surface area contributed by atoms with E-state index in [0.29, 0.717) is 0 Å². The Morgan fingerprint density at radius 3 is 2.36 bits per heavy atom. The number of ether oxygens (including phenoxy) is 3. The molecule has 0 bridgehead atoms. The van der Waals surface area contributed by atoms with E-state index in [-0.39, 0.29) is 43.7 Å². The molecule has 0 aromatic carbocycles. The molecule has 12 nitrogen and oxygen atoms in total. The largest absolute Gasteiger partial charge is 0.393 e. The molecule has 2 fully saturated rings. The van der Waals surface area contributed by atoms with E-state index >= 15 is 0 Å². The number of allylic oxidation sites excluding steroid dienone is 1. The molecule has 10 N–H and O–H groups in total. The monoisotopic (exact) mass is 561 g/mol. The summed E-state index contributed by atoms with van der Waals surface area (Å²) in [7, 11) is 0. The number of aliphatic hydroxyl groups excluding tert-OH is 4. The van der Waals surface area contributed by atoms with Gasteiger partial charge < -0.3 is 56.5 Å². The Balaban J connectivity index is 2.37. The van der Waals surface area contributed by atoms with E-state index in [1.165, 1.54) is 0 Å². The van der Waals surface area contributed by atoms with Crippen molar-refractivity contribution >= 4 is 5.91 Å². The van der Waals surface area contributed by atoms with Gasteiger partial charge in [0.2, 0.25) is 5.91 Å². The molecule has 12 heteroatoms. The minimum Gasteiger partial charge on any atom is -0.393 e. The molecule has 0 aromatic heterocycles. The number of nitrogens with one attached hydrogen (secondary N) is 1. The first-order valence-corrected chi connectivity index (χ1v) is 14.0. The van der Waals surface area contributed by atoms with E-state index < -0.39 is 72.7 Å². The van der Waals surface area contributed by atoms with E-state index in [9.17, 15) is 30.3 Å². The van der Waals surface area contributed by atoms with Crippen LogP contribution in [0.2, 0.25) is 0 Å². The summed E-state index contributed by atoms with van der Waals surface area (Å²) in [6.45, 7) is 11.1. The fourth-order valence-electron chi connectivity index (χ4n) is 4.84. The number of nitrogens with two attached hydrogens (primary N) is 2. The molecule has 2 rings (SSSR count). The van der Waals surface area contributed by atoms with E-state index in [1.54, 1.807) is 33.8 Å². The average Bonchev–Trinajstić information content (AvgIpc) is 2.83. The van der Waals surface area contributed by atoms with Gasteiger partial charge in [-0.2, -0.15) is 0 Å². The Morgan fingerprint density at radius 1 is 1.15 bits per heavy atom. The van der Waals surface area contributed by atoms with Crippen molar-refractivity contribution < 1.29 is 44.5 Å². The zero-order chi connectivity index (χ0) is 29.7. The predicted octanol–water partition coefficient (Wildman–Crippen LogP) is -0.907. The second kappa shape index (κ2) is 14.6. The first-order valence-electron chi connectivity index (χ1n) is 14.0. The highest BCUT2D eigenvalue weighted by atomic mass is 16.7. The molecule has 2 aliphatic rings. The quantitative estimate of drug-likeness (QED) is 0.137. The highest BCUT2D eigenvalue weighted by Crippen LogP contribution is 2.38. The van der Waals surface area contributed by atoms with Gasteiger partial charge in [0, 0.05) is 31.8 Å². The zero-order valence-electron chi connectivity index (χ0n) is 24.0. The third kappa shape index (κ3) is 9.42. The summed E-state index contributed by atoms with van der Waals surface area (Å²) in [5.74, 6) is -3.49. The van der Waals surface area contributed by atoms with Gasteiger partial charge in [-0.05, 0) is 25.7 Å². The summed E-state index contributed by atoms with van der Waals surface area (Å²) in [5, 5.41) is 56.4. The van der Waals surface area contributed by atoms with Crippen LogP contribution >= 0.6 is 0 Å². The second-order valence-electron chi connectivity index (χ2n) is 11.9. The summed E-state index contributed by atoms with van der Waals surface area (Å²) in [5.41, 5.74) is 11.6. The highest BCUT2D eigenvalue weighted by molar-refractivity contribution is 5.80. The van der Waals surface area contributed by atoms with Crippen molar-refractivity contribution in [1.29, 1.82) is 0 Å². The van der Waals surface area contributed by atoms with E-state index in [0.717, 1.165) is 0 Å². The topological polar surface area (TPSA) is 210 Å². The minimum absolute atomic E-state index is 0.00574. The first kappa shape index (κ1) is 34.0. The lowest BCUT2D eigenvalue weighted by molar-refractivity contribution is -0.307. The van der Waals surface area contributed by atoms with Gasteiger partial charge in [0.15, 0.2) is 12.1 Å². The molecule has 0 radical (unpaired) electrons. The first-order chi connectivity index (χ1) is 18.1. The summed E-state index contributed by atoms with van der Waals surface area (Å²) in [6.07, 6.45) is -5.13. The van der Waals surface area contributed by atoms with Crippen LogP contribution in [0, 0.1) is 17.8 Å². The molecule has 39 heavy (non-hydrogen) atoms. The Morgan fingerprint density at radius 2 is 1.79 bits per heavy atom. The van der Waals surface area contributed by atoms with Crippen molar-refractivity contribution in [1.82, 2.24) is 5.32 Å². The number of rotatable bonds is 12. The van der Waals surface area contributed by atoms with Crippen molar-refractivity contribution in [3.63, 3.8) is 0 Å². The summed E-state index contributed by atoms with van der Waals surface area (Å²) in [6, 6.07) is -1.36. The fourth-order valence-corrected chi connectivity index (χ4v) is 4.84. The predicted molar refractivity (Wildman–Crippen MR) is 144 cm³/mol. The summed E-state index contributed by atoms with van der Waals surface area (Å²) < 4.78 is 17.9. The normalized spacial score (nSPS) is 38.2. The van der Waals surface area contributed by atoms with Crippen molar-refractivity contribution in [2.75, 3.05) is 6.54 Å². The van der Waals surface area contributed by atoms with Crippen LogP contribution < -0.4 is 16.8 Å². The van der Waals surface area contributed by atoms with Crippen molar-refractivity contribution in [3.8, 4) is 0 Å². The van der Waals surface area contributed by atoms with Crippen molar-refractivity contribution in [3.05, 3.63) is 12.2 Å². The Kier molecular flexibility index (Phi) is 12.8. The molecule has 0 aliphatic carbocycles. The molecule has 228 valence electrons. The molecule has 0 saturated carbocycles. The standard InChI is InChI=1S/C27H51N3O9/c1-13(2)7-8-17(38-26-24(34)22(29)23(33)16(6)37-26)9-20-21(25(35)30-15(5)12-28)19(32)11-27(36,39-20)10-18(31)14(3)4/h7-8,13-24,26,31-34,36H,9-12,28-29H2,1-6H3,(H,30,35)/b8-7+/t15-,16?,17-,18+,19-,20-,21+,22?,23?,24?,26?,27+/m0/s1. The van der Waals surface area contributed by atoms with Crippen LogP contribution in [0.1, 0.15) is 60.8 Å². The number of hydrogen-bond donors (Lipinski definition) is 8. The van der Waals surface area contributed by atoms with Gasteiger partial charge in [-0.3, -0.25) is 4.79 Å². The average molecular weight is 562 g/mol.